The lowest BCUT2D eigenvalue weighted by molar-refractivity contribution is -0.121. The van der Waals surface area contributed by atoms with E-state index in [1.807, 2.05) is 6.07 Å². The van der Waals surface area contributed by atoms with Gasteiger partial charge >= 0.3 is 0 Å². The van der Waals surface area contributed by atoms with Crippen LogP contribution >= 0.6 is 0 Å². The number of hydrogen-bond acceptors (Lipinski definition) is 2. The molecule has 1 N–H and O–H groups in total. The van der Waals surface area contributed by atoms with Crippen molar-refractivity contribution < 1.29 is 9.18 Å². The SMILES string of the molecule is CC(C)N1c2cccc(F)c2NC(=O)C12CCCC2. The van der Waals surface area contributed by atoms with E-state index in [1.165, 1.54) is 6.07 Å². The first kappa shape index (κ1) is 12.5. The van der Waals surface area contributed by atoms with Gasteiger partial charge in [-0.2, -0.15) is 0 Å². The number of carbonyl (C=O) groups excluding carboxylic acids is 1. The summed E-state index contributed by atoms with van der Waals surface area (Å²) in [7, 11) is 0. The summed E-state index contributed by atoms with van der Waals surface area (Å²) < 4.78 is 13.9. The third-order valence-corrected chi connectivity index (χ3v) is 4.32. The topological polar surface area (TPSA) is 32.3 Å². The third kappa shape index (κ3) is 1.66. The van der Waals surface area contributed by atoms with Crippen molar-refractivity contribution in [3.05, 3.63) is 24.0 Å². The molecule has 1 amide bonds. The van der Waals surface area contributed by atoms with Gasteiger partial charge in [-0.15, -0.1) is 0 Å². The van der Waals surface area contributed by atoms with Crippen LogP contribution in [-0.2, 0) is 4.79 Å². The van der Waals surface area contributed by atoms with Crippen LogP contribution in [0, 0.1) is 5.82 Å². The maximum Gasteiger partial charge on any atom is 0.250 e. The van der Waals surface area contributed by atoms with E-state index in [1.54, 1.807) is 6.07 Å². The molecular formula is C15H19FN2O. The van der Waals surface area contributed by atoms with Gasteiger partial charge in [0.1, 0.15) is 17.0 Å². The standard InChI is InChI=1S/C15H19FN2O/c1-10(2)18-12-7-5-6-11(16)13(12)17-14(19)15(18)8-3-4-9-15/h5-7,10H,3-4,8-9H2,1-2H3,(H,17,19). The van der Waals surface area contributed by atoms with Gasteiger partial charge in [-0.05, 0) is 38.8 Å². The Balaban J connectivity index is 2.18. The molecule has 0 aromatic heterocycles. The minimum absolute atomic E-state index is 0.0451. The number of carbonyl (C=O) groups is 1. The molecule has 1 aliphatic carbocycles. The quantitative estimate of drug-likeness (QED) is 0.842. The Bertz CT molecular complexity index is 521. The van der Waals surface area contributed by atoms with Crippen LogP contribution in [0.3, 0.4) is 0 Å². The average Bonchev–Trinajstić information content (AvgIpc) is 2.82. The smallest absolute Gasteiger partial charge is 0.250 e. The second-order valence-electron chi connectivity index (χ2n) is 5.79. The van der Waals surface area contributed by atoms with Crippen molar-refractivity contribution in [1.29, 1.82) is 0 Å². The molecule has 0 atom stereocenters. The lowest BCUT2D eigenvalue weighted by Gasteiger charge is -2.48. The van der Waals surface area contributed by atoms with Gasteiger partial charge in [0.2, 0.25) is 5.91 Å². The minimum atomic E-state index is -0.477. The molecule has 3 rings (SSSR count). The van der Waals surface area contributed by atoms with E-state index in [0.29, 0.717) is 5.69 Å². The van der Waals surface area contributed by atoms with E-state index in [2.05, 4.69) is 24.1 Å². The van der Waals surface area contributed by atoms with Crippen molar-refractivity contribution in [2.24, 2.45) is 0 Å². The summed E-state index contributed by atoms with van der Waals surface area (Å²) in [4.78, 5) is 14.7. The molecule has 1 fully saturated rings. The van der Waals surface area contributed by atoms with Crippen molar-refractivity contribution in [1.82, 2.24) is 0 Å². The number of nitrogens with one attached hydrogen (secondary N) is 1. The summed E-state index contributed by atoms with van der Waals surface area (Å²) in [5.74, 6) is -0.402. The van der Waals surface area contributed by atoms with Gasteiger partial charge in [-0.25, -0.2) is 4.39 Å². The predicted molar refractivity (Wildman–Crippen MR) is 73.8 cm³/mol. The molecule has 4 heteroatoms. The van der Waals surface area contributed by atoms with Crippen molar-refractivity contribution in [3.63, 3.8) is 0 Å². The fourth-order valence-electron chi connectivity index (χ4n) is 3.61. The first-order chi connectivity index (χ1) is 9.06. The Kier molecular flexibility index (Phi) is 2.77. The molecule has 0 unspecified atom stereocenters. The first-order valence-corrected chi connectivity index (χ1v) is 6.95. The summed E-state index contributed by atoms with van der Waals surface area (Å²) in [5.41, 5.74) is 0.671. The number of amides is 1. The molecule has 102 valence electrons. The summed E-state index contributed by atoms with van der Waals surface area (Å²) in [5, 5.41) is 2.79. The molecule has 1 aliphatic heterocycles. The van der Waals surface area contributed by atoms with Crippen LogP contribution in [0.1, 0.15) is 39.5 Å². The molecule has 1 aromatic carbocycles. The normalized spacial score (nSPS) is 20.8. The molecule has 3 nitrogen and oxygen atoms in total. The second-order valence-corrected chi connectivity index (χ2v) is 5.79. The van der Waals surface area contributed by atoms with E-state index >= 15 is 0 Å². The molecule has 1 aromatic rings. The summed E-state index contributed by atoms with van der Waals surface area (Å²) in [6, 6.07) is 5.18. The lowest BCUT2D eigenvalue weighted by atomic mass is 9.88. The van der Waals surface area contributed by atoms with Gasteiger partial charge < -0.3 is 10.2 Å². The molecule has 0 bridgehead atoms. The van der Waals surface area contributed by atoms with E-state index in [0.717, 1.165) is 31.4 Å². The number of hydrogen-bond donors (Lipinski definition) is 1. The van der Waals surface area contributed by atoms with Crippen LogP contribution < -0.4 is 10.2 Å². The summed E-state index contributed by atoms with van der Waals surface area (Å²) in [6.07, 6.45) is 3.82. The highest BCUT2D eigenvalue weighted by Gasteiger charge is 2.50. The van der Waals surface area contributed by atoms with E-state index < -0.39 is 5.54 Å². The Morgan fingerprint density at radius 1 is 1.32 bits per heavy atom. The fourth-order valence-corrected chi connectivity index (χ4v) is 3.61. The third-order valence-electron chi connectivity index (χ3n) is 4.32. The zero-order valence-electron chi connectivity index (χ0n) is 11.4. The molecule has 0 radical (unpaired) electrons. The first-order valence-electron chi connectivity index (χ1n) is 6.95. The highest BCUT2D eigenvalue weighted by atomic mass is 19.1. The molecule has 1 saturated carbocycles. The molecular weight excluding hydrogens is 243 g/mol. The van der Waals surface area contributed by atoms with Crippen LogP contribution in [0.4, 0.5) is 15.8 Å². The van der Waals surface area contributed by atoms with Crippen LogP contribution in [0.15, 0.2) is 18.2 Å². The lowest BCUT2D eigenvalue weighted by Crippen LogP contribution is -2.60. The van der Waals surface area contributed by atoms with Crippen LogP contribution in [0.25, 0.3) is 0 Å². The van der Waals surface area contributed by atoms with Crippen molar-refractivity contribution in [3.8, 4) is 0 Å². The van der Waals surface area contributed by atoms with Gasteiger partial charge in [-0.3, -0.25) is 4.79 Å². The van der Waals surface area contributed by atoms with Gasteiger partial charge in [0.05, 0.1) is 5.69 Å². The Morgan fingerprint density at radius 2 is 2.00 bits per heavy atom. The predicted octanol–water partition coefficient (Wildman–Crippen LogP) is 3.31. The van der Waals surface area contributed by atoms with Crippen LogP contribution in [0.2, 0.25) is 0 Å². The monoisotopic (exact) mass is 262 g/mol. The molecule has 2 aliphatic rings. The number of rotatable bonds is 1. The van der Waals surface area contributed by atoms with E-state index in [-0.39, 0.29) is 17.8 Å². The molecule has 1 heterocycles. The maximum atomic E-state index is 13.9. The van der Waals surface area contributed by atoms with Gasteiger partial charge in [0, 0.05) is 6.04 Å². The summed E-state index contributed by atoms with van der Waals surface area (Å²) in [6.45, 7) is 4.13. The summed E-state index contributed by atoms with van der Waals surface area (Å²) >= 11 is 0. The number of halogens is 1. The number of anilines is 2. The second kappa shape index (κ2) is 4.22. The van der Waals surface area contributed by atoms with Crippen LogP contribution in [0.5, 0.6) is 0 Å². The zero-order chi connectivity index (χ0) is 13.6. The van der Waals surface area contributed by atoms with E-state index in [9.17, 15) is 9.18 Å². The number of benzene rings is 1. The van der Waals surface area contributed by atoms with E-state index in [4.69, 9.17) is 0 Å². The minimum Gasteiger partial charge on any atom is -0.353 e. The fraction of sp³-hybridized carbons (Fsp3) is 0.533. The van der Waals surface area contributed by atoms with Crippen LogP contribution in [-0.4, -0.2) is 17.5 Å². The Morgan fingerprint density at radius 3 is 2.63 bits per heavy atom. The highest BCUT2D eigenvalue weighted by molar-refractivity contribution is 6.07. The number of para-hydroxylation sites is 1. The van der Waals surface area contributed by atoms with Crippen molar-refractivity contribution in [2.45, 2.75) is 51.1 Å². The zero-order valence-corrected chi connectivity index (χ0v) is 11.4. The Hall–Kier alpha value is -1.58. The van der Waals surface area contributed by atoms with Crippen molar-refractivity contribution >= 4 is 17.3 Å². The largest absolute Gasteiger partial charge is 0.353 e. The van der Waals surface area contributed by atoms with Gasteiger partial charge in [-0.1, -0.05) is 18.9 Å². The highest BCUT2D eigenvalue weighted by Crippen LogP contribution is 2.46. The molecule has 0 saturated heterocycles. The molecule has 1 spiro atoms. The average molecular weight is 262 g/mol. The number of fused-ring (bicyclic) bond motifs is 1. The molecule has 19 heavy (non-hydrogen) atoms. The van der Waals surface area contributed by atoms with Gasteiger partial charge in [0.25, 0.3) is 0 Å². The maximum absolute atomic E-state index is 13.9. The Labute approximate surface area is 112 Å². The van der Waals surface area contributed by atoms with Gasteiger partial charge in [0.15, 0.2) is 0 Å². The number of nitrogens with zero attached hydrogens (tertiary/aromatic N) is 1. The van der Waals surface area contributed by atoms with Crippen molar-refractivity contribution in [2.75, 3.05) is 10.2 Å².